The lowest BCUT2D eigenvalue weighted by molar-refractivity contribution is -0.105. The van der Waals surface area contributed by atoms with Crippen molar-refractivity contribution in [3.05, 3.63) is 23.8 Å². The highest BCUT2D eigenvalue weighted by Crippen LogP contribution is 2.39. The molecule has 168 valence electrons. The van der Waals surface area contributed by atoms with Crippen LogP contribution < -0.4 is 10.2 Å². The van der Waals surface area contributed by atoms with E-state index < -0.39 is 18.3 Å². The van der Waals surface area contributed by atoms with Gasteiger partial charge in [0.05, 0.1) is 17.8 Å². The summed E-state index contributed by atoms with van der Waals surface area (Å²) in [5.74, 6) is 0.802. The van der Waals surface area contributed by atoms with Gasteiger partial charge in [-0.05, 0) is 69.4 Å². The zero-order valence-corrected chi connectivity index (χ0v) is 20.6. The van der Waals surface area contributed by atoms with Crippen molar-refractivity contribution in [1.29, 1.82) is 0 Å². The molecule has 3 rings (SSSR count). The predicted octanol–water partition coefficient (Wildman–Crippen LogP) is 5.61. The van der Waals surface area contributed by atoms with Gasteiger partial charge in [-0.1, -0.05) is 46.8 Å². The van der Waals surface area contributed by atoms with Crippen LogP contribution in [-0.4, -0.2) is 31.2 Å². The molecule has 2 aliphatic rings. The Balaban J connectivity index is 1.97. The van der Waals surface area contributed by atoms with E-state index in [1.165, 1.54) is 5.56 Å². The Bertz CT molecular complexity index is 726. The van der Waals surface area contributed by atoms with Crippen LogP contribution in [0.4, 0.5) is 0 Å². The van der Waals surface area contributed by atoms with Crippen LogP contribution in [0.25, 0.3) is 0 Å². The molecule has 2 aliphatic heterocycles. The molecular formula is C25H41BO4. The van der Waals surface area contributed by atoms with E-state index in [2.05, 4.69) is 80.5 Å². The lowest BCUT2D eigenvalue weighted by Gasteiger charge is -2.34. The second-order valence-corrected chi connectivity index (χ2v) is 11.9. The van der Waals surface area contributed by atoms with Gasteiger partial charge in [-0.15, -0.1) is 0 Å². The third-order valence-corrected chi connectivity index (χ3v) is 6.67. The Morgan fingerprint density at radius 1 is 1.00 bits per heavy atom. The van der Waals surface area contributed by atoms with Crippen LogP contribution in [0.3, 0.4) is 0 Å². The topological polar surface area (TPSA) is 36.9 Å². The molecule has 2 saturated heterocycles. The van der Waals surface area contributed by atoms with Gasteiger partial charge in [0.1, 0.15) is 5.75 Å². The summed E-state index contributed by atoms with van der Waals surface area (Å²) in [7, 11) is -0.459. The number of hydrogen-bond acceptors (Lipinski definition) is 4. The fourth-order valence-electron chi connectivity index (χ4n) is 4.60. The average molecular weight is 416 g/mol. The quantitative estimate of drug-likeness (QED) is 0.585. The molecule has 2 heterocycles. The van der Waals surface area contributed by atoms with Gasteiger partial charge < -0.3 is 18.8 Å². The number of rotatable bonds is 5. The third-order valence-electron chi connectivity index (χ3n) is 6.67. The molecular weight excluding hydrogens is 375 g/mol. The Morgan fingerprint density at radius 2 is 1.63 bits per heavy atom. The van der Waals surface area contributed by atoms with E-state index in [4.69, 9.17) is 18.8 Å². The Hall–Kier alpha value is -1.04. The second-order valence-electron chi connectivity index (χ2n) is 11.9. The summed E-state index contributed by atoms with van der Waals surface area (Å²) in [5.41, 5.74) is 1.71. The first kappa shape index (κ1) is 23.6. The molecule has 1 unspecified atom stereocenters. The van der Waals surface area contributed by atoms with Crippen LogP contribution in [0.1, 0.15) is 93.6 Å². The van der Waals surface area contributed by atoms with E-state index in [9.17, 15) is 0 Å². The fourth-order valence-corrected chi connectivity index (χ4v) is 4.60. The van der Waals surface area contributed by atoms with Gasteiger partial charge >= 0.3 is 7.12 Å². The summed E-state index contributed by atoms with van der Waals surface area (Å²) in [5, 5.41) is 0. The van der Waals surface area contributed by atoms with Crippen LogP contribution in [0, 0.1) is 5.41 Å². The minimum atomic E-state index is -0.459. The number of benzene rings is 1. The summed E-state index contributed by atoms with van der Waals surface area (Å²) >= 11 is 0. The van der Waals surface area contributed by atoms with Crippen molar-refractivity contribution in [3.8, 4) is 5.75 Å². The van der Waals surface area contributed by atoms with Gasteiger partial charge in [-0.25, -0.2) is 0 Å². The molecule has 0 aromatic heterocycles. The second kappa shape index (κ2) is 8.14. The minimum absolute atomic E-state index is 0.0243. The van der Waals surface area contributed by atoms with E-state index in [0.717, 1.165) is 43.5 Å². The van der Waals surface area contributed by atoms with E-state index in [1.54, 1.807) is 0 Å². The van der Waals surface area contributed by atoms with Gasteiger partial charge in [-0.2, -0.15) is 0 Å². The first-order valence-electron chi connectivity index (χ1n) is 11.5. The maximum absolute atomic E-state index is 6.41. The van der Waals surface area contributed by atoms with Crippen molar-refractivity contribution < 1.29 is 18.8 Å². The standard InChI is InChI=1S/C25H41BO4/c1-22(2,3)17-23(4,5)18-13-14-20(28-21-12-10-11-15-27-21)19(16-18)26-29-24(6,7)25(8,9)30-26/h13-14,16,21H,10-12,15,17H2,1-9H3. The van der Waals surface area contributed by atoms with Crippen LogP contribution in [0.15, 0.2) is 18.2 Å². The predicted molar refractivity (Wildman–Crippen MR) is 123 cm³/mol. The lowest BCUT2D eigenvalue weighted by atomic mass is 9.69. The van der Waals surface area contributed by atoms with Gasteiger partial charge in [0.2, 0.25) is 0 Å². The maximum atomic E-state index is 6.41. The SMILES string of the molecule is CC(C)(C)CC(C)(C)c1ccc(OC2CCCCO2)c(B2OC(C)(C)C(C)(C)O2)c1. The molecule has 0 aliphatic carbocycles. The Labute approximate surface area is 184 Å². The summed E-state index contributed by atoms with van der Waals surface area (Å²) in [6.45, 7) is 20.6. The fraction of sp³-hybridized carbons (Fsp3) is 0.760. The van der Waals surface area contributed by atoms with Crippen molar-refractivity contribution in [2.45, 2.75) is 111 Å². The summed E-state index contributed by atoms with van der Waals surface area (Å²) in [4.78, 5) is 0. The van der Waals surface area contributed by atoms with Gasteiger partial charge in [0.25, 0.3) is 0 Å². The smallest absolute Gasteiger partial charge is 0.465 e. The molecule has 1 aromatic carbocycles. The minimum Gasteiger partial charge on any atom is -0.465 e. The summed E-state index contributed by atoms with van der Waals surface area (Å²) < 4.78 is 25.0. The van der Waals surface area contributed by atoms with Gasteiger partial charge in [0, 0.05) is 11.9 Å². The average Bonchev–Trinajstić information content (AvgIpc) is 2.81. The van der Waals surface area contributed by atoms with Crippen molar-refractivity contribution in [1.82, 2.24) is 0 Å². The highest BCUT2D eigenvalue weighted by Gasteiger charge is 2.52. The lowest BCUT2D eigenvalue weighted by Crippen LogP contribution is -2.41. The highest BCUT2D eigenvalue weighted by molar-refractivity contribution is 6.63. The van der Waals surface area contributed by atoms with Gasteiger partial charge in [0.15, 0.2) is 6.29 Å². The van der Waals surface area contributed by atoms with Crippen molar-refractivity contribution in [2.75, 3.05) is 6.61 Å². The van der Waals surface area contributed by atoms with Crippen molar-refractivity contribution >= 4 is 12.6 Å². The molecule has 0 spiro atoms. The highest BCUT2D eigenvalue weighted by atomic mass is 16.7. The molecule has 0 radical (unpaired) electrons. The zero-order valence-electron chi connectivity index (χ0n) is 20.6. The summed E-state index contributed by atoms with van der Waals surface area (Å²) in [6, 6.07) is 6.50. The first-order chi connectivity index (χ1) is 13.7. The van der Waals surface area contributed by atoms with Crippen LogP contribution in [0.5, 0.6) is 5.75 Å². The monoisotopic (exact) mass is 416 g/mol. The van der Waals surface area contributed by atoms with Crippen LogP contribution >= 0.6 is 0 Å². The molecule has 0 bridgehead atoms. The van der Waals surface area contributed by atoms with Crippen LogP contribution in [-0.2, 0) is 19.5 Å². The Kier molecular flexibility index (Phi) is 6.41. The van der Waals surface area contributed by atoms with E-state index in [1.807, 2.05) is 0 Å². The molecule has 4 nitrogen and oxygen atoms in total. The van der Waals surface area contributed by atoms with E-state index in [-0.39, 0.29) is 17.1 Å². The molecule has 30 heavy (non-hydrogen) atoms. The van der Waals surface area contributed by atoms with Crippen molar-refractivity contribution in [3.63, 3.8) is 0 Å². The summed E-state index contributed by atoms with van der Waals surface area (Å²) in [6.07, 6.45) is 4.03. The molecule has 5 heteroatoms. The molecule has 1 aromatic rings. The molecule has 0 amide bonds. The number of ether oxygens (including phenoxy) is 2. The first-order valence-corrected chi connectivity index (χ1v) is 11.5. The largest absolute Gasteiger partial charge is 0.498 e. The molecule has 0 N–H and O–H groups in total. The molecule has 0 saturated carbocycles. The molecule has 1 atom stereocenters. The Morgan fingerprint density at radius 3 is 2.17 bits per heavy atom. The normalized spacial score (nSPS) is 24.2. The third kappa shape index (κ3) is 5.23. The van der Waals surface area contributed by atoms with Crippen LogP contribution in [0.2, 0.25) is 0 Å². The van der Waals surface area contributed by atoms with E-state index in [0.29, 0.717) is 0 Å². The van der Waals surface area contributed by atoms with Crippen molar-refractivity contribution in [2.24, 2.45) is 5.41 Å². The van der Waals surface area contributed by atoms with Gasteiger partial charge in [-0.3, -0.25) is 0 Å². The molecule has 2 fully saturated rings. The van der Waals surface area contributed by atoms with E-state index >= 15 is 0 Å². The zero-order chi connectivity index (χ0) is 22.4. The maximum Gasteiger partial charge on any atom is 0.498 e. The number of hydrogen-bond donors (Lipinski definition) is 0.